The van der Waals surface area contributed by atoms with E-state index in [9.17, 15) is 4.79 Å². The molecular formula is C12H8BrClN2O2. The van der Waals surface area contributed by atoms with E-state index in [0.717, 1.165) is 5.56 Å². The molecule has 1 aromatic carbocycles. The third kappa shape index (κ3) is 3.21. The number of furan rings is 1. The summed E-state index contributed by atoms with van der Waals surface area (Å²) in [6.07, 6.45) is 1.47. The molecule has 0 atom stereocenters. The van der Waals surface area contributed by atoms with Crippen LogP contribution in [0.25, 0.3) is 0 Å². The van der Waals surface area contributed by atoms with Crippen molar-refractivity contribution in [3.05, 3.63) is 57.4 Å². The minimum Gasteiger partial charge on any atom is -0.444 e. The van der Waals surface area contributed by atoms with Gasteiger partial charge in [-0.05, 0) is 34.1 Å². The van der Waals surface area contributed by atoms with Gasteiger partial charge in [0.2, 0.25) is 0 Å². The van der Waals surface area contributed by atoms with Gasteiger partial charge < -0.3 is 4.42 Å². The van der Waals surface area contributed by atoms with Gasteiger partial charge in [-0.15, -0.1) is 0 Å². The Morgan fingerprint density at radius 1 is 1.33 bits per heavy atom. The van der Waals surface area contributed by atoms with Crippen molar-refractivity contribution in [3.8, 4) is 0 Å². The summed E-state index contributed by atoms with van der Waals surface area (Å²) in [5.74, 6) is -0.248. The van der Waals surface area contributed by atoms with Crippen molar-refractivity contribution in [2.75, 3.05) is 0 Å². The quantitative estimate of drug-likeness (QED) is 0.693. The Bertz CT molecular complexity index is 595. The molecule has 1 heterocycles. The van der Waals surface area contributed by atoms with E-state index in [1.807, 2.05) is 12.1 Å². The lowest BCUT2D eigenvalue weighted by Crippen LogP contribution is -2.16. The molecule has 0 bridgehead atoms. The average Bonchev–Trinajstić information content (AvgIpc) is 2.78. The van der Waals surface area contributed by atoms with Crippen LogP contribution in [-0.2, 0) is 0 Å². The molecule has 0 spiro atoms. The Balaban J connectivity index is 2.00. The van der Waals surface area contributed by atoms with Gasteiger partial charge in [0.15, 0.2) is 10.4 Å². The minimum atomic E-state index is -0.427. The number of hydrogen-bond acceptors (Lipinski definition) is 3. The van der Waals surface area contributed by atoms with Gasteiger partial charge in [-0.3, -0.25) is 4.79 Å². The summed E-state index contributed by atoms with van der Waals surface area (Å²) in [6, 6.07) is 10.4. The van der Waals surface area contributed by atoms with E-state index < -0.39 is 5.91 Å². The highest BCUT2D eigenvalue weighted by molar-refractivity contribution is 9.10. The van der Waals surface area contributed by atoms with Gasteiger partial charge in [-0.2, -0.15) is 5.10 Å². The smallest absolute Gasteiger partial charge is 0.307 e. The molecule has 0 fully saturated rings. The molecule has 1 amide bonds. The first-order valence-electron chi connectivity index (χ1n) is 5.00. The third-order valence-corrected chi connectivity index (χ3v) is 2.84. The molecule has 2 aromatic rings. The molecule has 0 saturated heterocycles. The number of nitrogens with one attached hydrogen (secondary N) is 1. The van der Waals surface area contributed by atoms with Gasteiger partial charge in [0.25, 0.3) is 0 Å². The Kier molecular flexibility index (Phi) is 4.17. The van der Waals surface area contributed by atoms with Crippen LogP contribution >= 0.6 is 27.5 Å². The topological polar surface area (TPSA) is 54.6 Å². The Morgan fingerprint density at radius 2 is 2.11 bits per heavy atom. The maximum absolute atomic E-state index is 11.6. The highest BCUT2D eigenvalue weighted by Gasteiger charge is 2.08. The number of halogens is 2. The van der Waals surface area contributed by atoms with Crippen molar-refractivity contribution in [1.29, 1.82) is 0 Å². The van der Waals surface area contributed by atoms with E-state index in [1.165, 1.54) is 6.21 Å². The molecule has 1 N–H and O–H groups in total. The molecule has 92 valence electrons. The fourth-order valence-corrected chi connectivity index (χ4v) is 1.72. The van der Waals surface area contributed by atoms with Crippen LogP contribution in [0.1, 0.15) is 16.1 Å². The van der Waals surface area contributed by atoms with Crippen LogP contribution in [0.3, 0.4) is 0 Å². The predicted molar refractivity (Wildman–Crippen MR) is 72.9 cm³/mol. The molecule has 6 heteroatoms. The molecule has 0 unspecified atom stereocenters. The normalized spacial score (nSPS) is 10.8. The lowest BCUT2D eigenvalue weighted by atomic mass is 10.2. The van der Waals surface area contributed by atoms with Crippen LogP contribution in [0.5, 0.6) is 0 Å². The molecule has 0 aliphatic heterocycles. The number of hydrazone groups is 1. The monoisotopic (exact) mass is 326 g/mol. The van der Waals surface area contributed by atoms with Crippen molar-refractivity contribution >= 4 is 39.7 Å². The minimum absolute atomic E-state index is 0.179. The van der Waals surface area contributed by atoms with E-state index in [4.69, 9.17) is 16.0 Å². The summed E-state index contributed by atoms with van der Waals surface area (Å²) in [5, 5.41) is 4.37. The van der Waals surface area contributed by atoms with Crippen LogP contribution < -0.4 is 5.43 Å². The highest BCUT2D eigenvalue weighted by Crippen LogP contribution is 2.14. The zero-order valence-electron chi connectivity index (χ0n) is 9.06. The predicted octanol–water partition coefficient (Wildman–Crippen LogP) is 3.46. The number of benzene rings is 1. The first-order valence-corrected chi connectivity index (χ1v) is 6.17. The van der Waals surface area contributed by atoms with Gasteiger partial charge in [0.05, 0.1) is 6.21 Å². The molecule has 0 saturated carbocycles. The Labute approximate surface area is 117 Å². The number of hydrogen-bond donors (Lipinski definition) is 1. The molecule has 1 aromatic heterocycles. The van der Waals surface area contributed by atoms with Crippen LogP contribution in [0.15, 0.2) is 50.6 Å². The number of carbonyl (C=O) groups is 1. The van der Waals surface area contributed by atoms with E-state index in [2.05, 4.69) is 26.5 Å². The standard InChI is InChI=1S/C12H8BrClN2O2/c13-11-6-5-10(18-11)12(17)16-15-7-8-3-1-2-4-9(8)14/h1-7H,(H,16,17)/b15-7+. The van der Waals surface area contributed by atoms with Crippen LogP contribution in [0.4, 0.5) is 0 Å². The maximum atomic E-state index is 11.6. The lowest BCUT2D eigenvalue weighted by molar-refractivity contribution is 0.0926. The Morgan fingerprint density at radius 3 is 2.78 bits per heavy atom. The molecular weight excluding hydrogens is 320 g/mol. The first-order chi connectivity index (χ1) is 8.66. The van der Waals surface area contributed by atoms with Gasteiger partial charge >= 0.3 is 5.91 Å². The zero-order valence-corrected chi connectivity index (χ0v) is 11.4. The summed E-state index contributed by atoms with van der Waals surface area (Å²) in [7, 11) is 0. The van der Waals surface area contributed by atoms with Crippen molar-refractivity contribution in [2.45, 2.75) is 0 Å². The number of amides is 1. The van der Waals surface area contributed by atoms with Crippen LogP contribution in [0.2, 0.25) is 5.02 Å². The van der Waals surface area contributed by atoms with E-state index in [1.54, 1.807) is 24.3 Å². The summed E-state index contributed by atoms with van der Waals surface area (Å²) >= 11 is 9.04. The van der Waals surface area contributed by atoms with Gasteiger partial charge in [0, 0.05) is 10.6 Å². The average molecular weight is 328 g/mol. The first kappa shape index (κ1) is 12.9. The second-order valence-electron chi connectivity index (χ2n) is 3.32. The molecule has 2 rings (SSSR count). The molecule has 0 aliphatic carbocycles. The fraction of sp³-hybridized carbons (Fsp3) is 0. The van der Waals surface area contributed by atoms with Crippen LogP contribution in [-0.4, -0.2) is 12.1 Å². The summed E-state index contributed by atoms with van der Waals surface area (Å²) in [4.78, 5) is 11.6. The second kappa shape index (κ2) is 5.84. The number of carbonyl (C=O) groups excluding carboxylic acids is 1. The molecule has 18 heavy (non-hydrogen) atoms. The summed E-state index contributed by atoms with van der Waals surface area (Å²) in [5.41, 5.74) is 3.07. The lowest BCUT2D eigenvalue weighted by Gasteiger charge is -1.97. The van der Waals surface area contributed by atoms with Gasteiger partial charge in [-0.1, -0.05) is 29.8 Å². The Hall–Kier alpha value is -1.59. The van der Waals surface area contributed by atoms with Crippen molar-refractivity contribution in [1.82, 2.24) is 5.43 Å². The molecule has 0 radical (unpaired) electrons. The zero-order chi connectivity index (χ0) is 13.0. The summed E-state index contributed by atoms with van der Waals surface area (Å²) in [6.45, 7) is 0. The molecule has 0 aliphatic rings. The van der Waals surface area contributed by atoms with Crippen molar-refractivity contribution in [3.63, 3.8) is 0 Å². The summed E-state index contributed by atoms with van der Waals surface area (Å²) < 4.78 is 5.57. The molecule has 4 nitrogen and oxygen atoms in total. The number of rotatable bonds is 3. The van der Waals surface area contributed by atoms with E-state index in [0.29, 0.717) is 9.69 Å². The largest absolute Gasteiger partial charge is 0.444 e. The van der Waals surface area contributed by atoms with Gasteiger partial charge in [0.1, 0.15) is 0 Å². The fourth-order valence-electron chi connectivity index (χ4n) is 1.23. The third-order valence-electron chi connectivity index (χ3n) is 2.07. The van der Waals surface area contributed by atoms with Gasteiger partial charge in [-0.25, -0.2) is 5.43 Å². The maximum Gasteiger partial charge on any atom is 0.307 e. The van der Waals surface area contributed by atoms with Crippen molar-refractivity contribution in [2.24, 2.45) is 5.10 Å². The van der Waals surface area contributed by atoms with E-state index >= 15 is 0 Å². The number of nitrogens with zero attached hydrogens (tertiary/aromatic N) is 1. The van der Waals surface area contributed by atoms with Crippen molar-refractivity contribution < 1.29 is 9.21 Å². The highest BCUT2D eigenvalue weighted by atomic mass is 79.9. The second-order valence-corrected chi connectivity index (χ2v) is 4.51. The van der Waals surface area contributed by atoms with E-state index in [-0.39, 0.29) is 5.76 Å². The van der Waals surface area contributed by atoms with Crippen LogP contribution in [0, 0.1) is 0 Å². The SMILES string of the molecule is O=C(N/N=C/c1ccccc1Cl)c1ccc(Br)o1.